The molecule has 19 heavy (non-hydrogen) atoms. The molecule has 0 spiro atoms. The van der Waals surface area contributed by atoms with E-state index in [4.69, 9.17) is 5.11 Å². The van der Waals surface area contributed by atoms with Gasteiger partial charge in [0.1, 0.15) is 0 Å². The maximum atomic E-state index is 10.8. The van der Waals surface area contributed by atoms with E-state index in [9.17, 15) is 10.1 Å². The van der Waals surface area contributed by atoms with Crippen LogP contribution in [0.4, 0.5) is 11.4 Å². The average Bonchev–Trinajstić information content (AvgIpc) is 2.38. The largest absolute Gasteiger partial charge is 0.396 e. The lowest BCUT2D eigenvalue weighted by Crippen LogP contribution is -2.04. The standard InChI is InChI=1S/C13H20N2O3S/c1-3-14-13-5-4-12(15(17)18)8-11(13)9-19-10(2)6-7-16/h4-5,8,10,14,16H,3,6-7,9H2,1-2H3. The summed E-state index contributed by atoms with van der Waals surface area (Å²) in [6.45, 7) is 4.99. The van der Waals surface area contributed by atoms with E-state index < -0.39 is 0 Å². The number of aliphatic hydroxyl groups excluding tert-OH is 1. The number of rotatable bonds is 8. The van der Waals surface area contributed by atoms with Crippen LogP contribution in [0.2, 0.25) is 0 Å². The lowest BCUT2D eigenvalue weighted by Gasteiger charge is -2.13. The van der Waals surface area contributed by atoms with Gasteiger partial charge in [-0.2, -0.15) is 11.8 Å². The number of hydrogen-bond acceptors (Lipinski definition) is 5. The predicted octanol–water partition coefficient (Wildman–Crippen LogP) is 3.03. The van der Waals surface area contributed by atoms with Crippen LogP contribution < -0.4 is 5.32 Å². The number of aliphatic hydroxyl groups is 1. The molecule has 1 unspecified atom stereocenters. The molecule has 0 heterocycles. The molecule has 2 N–H and O–H groups in total. The number of nitro groups is 1. The molecule has 0 bridgehead atoms. The van der Waals surface area contributed by atoms with E-state index >= 15 is 0 Å². The van der Waals surface area contributed by atoms with Crippen LogP contribution in [0, 0.1) is 10.1 Å². The molecule has 0 aromatic heterocycles. The van der Waals surface area contributed by atoms with Gasteiger partial charge in [0, 0.05) is 42.0 Å². The van der Waals surface area contributed by atoms with Crippen LogP contribution in [-0.4, -0.2) is 28.4 Å². The minimum absolute atomic E-state index is 0.118. The molecule has 0 aliphatic heterocycles. The van der Waals surface area contributed by atoms with Gasteiger partial charge in [0.15, 0.2) is 0 Å². The van der Waals surface area contributed by atoms with Crippen molar-refractivity contribution in [2.75, 3.05) is 18.5 Å². The molecule has 6 heteroatoms. The van der Waals surface area contributed by atoms with Crippen molar-refractivity contribution in [3.63, 3.8) is 0 Å². The number of anilines is 1. The molecule has 1 aromatic carbocycles. The maximum Gasteiger partial charge on any atom is 0.269 e. The van der Waals surface area contributed by atoms with Crippen molar-refractivity contribution in [1.82, 2.24) is 0 Å². The Morgan fingerprint density at radius 3 is 2.84 bits per heavy atom. The lowest BCUT2D eigenvalue weighted by atomic mass is 10.2. The Labute approximate surface area is 117 Å². The summed E-state index contributed by atoms with van der Waals surface area (Å²) in [4.78, 5) is 10.4. The number of non-ortho nitro benzene ring substituents is 1. The van der Waals surface area contributed by atoms with Gasteiger partial charge in [-0.15, -0.1) is 0 Å². The number of hydrogen-bond donors (Lipinski definition) is 2. The van der Waals surface area contributed by atoms with Crippen molar-refractivity contribution in [2.45, 2.75) is 31.3 Å². The van der Waals surface area contributed by atoms with Crippen LogP contribution in [-0.2, 0) is 5.75 Å². The molecule has 0 saturated carbocycles. The zero-order valence-corrected chi connectivity index (χ0v) is 12.1. The molecular formula is C13H20N2O3S. The highest BCUT2D eigenvalue weighted by atomic mass is 32.2. The Balaban J connectivity index is 2.81. The van der Waals surface area contributed by atoms with Crippen molar-refractivity contribution in [3.8, 4) is 0 Å². The third-order valence-electron chi connectivity index (χ3n) is 2.73. The van der Waals surface area contributed by atoms with E-state index in [1.807, 2.05) is 13.8 Å². The number of nitro benzene ring substituents is 1. The van der Waals surface area contributed by atoms with Crippen LogP contribution in [0.1, 0.15) is 25.8 Å². The Morgan fingerprint density at radius 2 is 2.26 bits per heavy atom. The van der Waals surface area contributed by atoms with Gasteiger partial charge in [0.05, 0.1) is 4.92 Å². The molecule has 0 saturated heterocycles. The van der Waals surface area contributed by atoms with Crippen molar-refractivity contribution in [1.29, 1.82) is 0 Å². The van der Waals surface area contributed by atoms with E-state index in [0.29, 0.717) is 11.0 Å². The highest BCUT2D eigenvalue weighted by Crippen LogP contribution is 2.28. The Morgan fingerprint density at radius 1 is 1.53 bits per heavy atom. The van der Waals surface area contributed by atoms with E-state index in [1.165, 1.54) is 6.07 Å². The van der Waals surface area contributed by atoms with Gasteiger partial charge in [-0.1, -0.05) is 6.92 Å². The summed E-state index contributed by atoms with van der Waals surface area (Å²) < 4.78 is 0. The molecule has 1 rings (SSSR count). The fourth-order valence-electron chi connectivity index (χ4n) is 1.67. The predicted molar refractivity (Wildman–Crippen MR) is 79.7 cm³/mol. The van der Waals surface area contributed by atoms with Crippen molar-refractivity contribution < 1.29 is 10.0 Å². The summed E-state index contributed by atoms with van der Waals surface area (Å²) in [6.07, 6.45) is 0.732. The molecule has 1 atom stereocenters. The number of nitrogens with zero attached hydrogens (tertiary/aromatic N) is 1. The fraction of sp³-hybridized carbons (Fsp3) is 0.538. The average molecular weight is 284 g/mol. The summed E-state index contributed by atoms with van der Waals surface area (Å²) >= 11 is 1.69. The first kappa shape index (κ1) is 15.8. The molecule has 0 radical (unpaired) electrons. The summed E-state index contributed by atoms with van der Waals surface area (Å²) in [5.74, 6) is 0.700. The maximum absolute atomic E-state index is 10.8. The summed E-state index contributed by atoms with van der Waals surface area (Å²) in [7, 11) is 0. The van der Waals surface area contributed by atoms with E-state index in [2.05, 4.69) is 5.32 Å². The Kier molecular flexibility index (Phi) is 6.66. The normalized spacial score (nSPS) is 12.2. The molecule has 0 aliphatic carbocycles. The van der Waals surface area contributed by atoms with Gasteiger partial charge in [-0.3, -0.25) is 10.1 Å². The van der Waals surface area contributed by atoms with Gasteiger partial charge >= 0.3 is 0 Å². The molecular weight excluding hydrogens is 264 g/mol. The minimum atomic E-state index is -0.374. The highest BCUT2D eigenvalue weighted by Gasteiger charge is 2.12. The van der Waals surface area contributed by atoms with Gasteiger partial charge in [0.2, 0.25) is 0 Å². The second-order valence-corrected chi connectivity index (χ2v) is 5.69. The van der Waals surface area contributed by atoms with Crippen LogP contribution in [0.15, 0.2) is 18.2 Å². The van der Waals surface area contributed by atoms with Crippen LogP contribution >= 0.6 is 11.8 Å². The summed E-state index contributed by atoms with van der Waals surface area (Å²) in [6, 6.07) is 4.90. The van der Waals surface area contributed by atoms with E-state index in [0.717, 1.165) is 24.2 Å². The van der Waals surface area contributed by atoms with Gasteiger partial charge in [-0.25, -0.2) is 0 Å². The van der Waals surface area contributed by atoms with Gasteiger partial charge in [0.25, 0.3) is 5.69 Å². The van der Waals surface area contributed by atoms with E-state index in [-0.39, 0.29) is 17.2 Å². The molecule has 1 aromatic rings. The molecule has 106 valence electrons. The van der Waals surface area contributed by atoms with Gasteiger partial charge < -0.3 is 10.4 Å². The second-order valence-electron chi connectivity index (χ2n) is 4.26. The second kappa shape index (κ2) is 8.01. The monoisotopic (exact) mass is 284 g/mol. The number of nitrogens with one attached hydrogen (secondary N) is 1. The number of thioether (sulfide) groups is 1. The zero-order chi connectivity index (χ0) is 14.3. The SMILES string of the molecule is CCNc1ccc([N+](=O)[O-])cc1CSC(C)CCO. The van der Waals surface area contributed by atoms with Crippen LogP contribution in [0.5, 0.6) is 0 Å². The Hall–Kier alpha value is -1.27. The van der Waals surface area contributed by atoms with Crippen molar-refractivity contribution >= 4 is 23.1 Å². The van der Waals surface area contributed by atoms with Crippen LogP contribution in [0.3, 0.4) is 0 Å². The molecule has 0 aliphatic rings. The minimum Gasteiger partial charge on any atom is -0.396 e. The molecule has 0 amide bonds. The van der Waals surface area contributed by atoms with Crippen LogP contribution in [0.25, 0.3) is 0 Å². The highest BCUT2D eigenvalue weighted by molar-refractivity contribution is 7.99. The first-order valence-corrected chi connectivity index (χ1v) is 7.37. The van der Waals surface area contributed by atoms with Crippen molar-refractivity contribution in [2.24, 2.45) is 0 Å². The smallest absolute Gasteiger partial charge is 0.269 e. The van der Waals surface area contributed by atoms with E-state index in [1.54, 1.807) is 23.9 Å². The van der Waals surface area contributed by atoms with Crippen molar-refractivity contribution in [3.05, 3.63) is 33.9 Å². The summed E-state index contributed by atoms with van der Waals surface area (Å²) in [5, 5.41) is 23.2. The number of benzene rings is 1. The third kappa shape index (κ3) is 5.08. The molecule has 0 fully saturated rings. The lowest BCUT2D eigenvalue weighted by molar-refractivity contribution is -0.384. The first-order chi connectivity index (χ1) is 9.08. The third-order valence-corrected chi connectivity index (χ3v) is 4.01. The topological polar surface area (TPSA) is 75.4 Å². The quantitative estimate of drug-likeness (QED) is 0.567. The summed E-state index contributed by atoms with van der Waals surface area (Å²) in [5.41, 5.74) is 2.00. The van der Waals surface area contributed by atoms with Gasteiger partial charge in [-0.05, 0) is 25.0 Å². The molecule has 5 nitrogen and oxygen atoms in total. The Bertz CT molecular complexity index is 426. The fourth-order valence-corrected chi connectivity index (χ4v) is 2.65. The first-order valence-electron chi connectivity index (χ1n) is 6.32. The zero-order valence-electron chi connectivity index (χ0n) is 11.3.